The first-order valence-electron chi connectivity index (χ1n) is 10.5. The summed E-state index contributed by atoms with van der Waals surface area (Å²) in [7, 11) is 1.65. The number of fused-ring (bicyclic) bond motifs is 1. The highest BCUT2D eigenvalue weighted by molar-refractivity contribution is 5.81. The normalized spacial score (nSPS) is 11.0. The minimum atomic E-state index is -0.272. The van der Waals surface area contributed by atoms with Crippen molar-refractivity contribution in [2.45, 2.75) is 13.8 Å². The van der Waals surface area contributed by atoms with Gasteiger partial charge in [-0.3, -0.25) is 4.98 Å². The van der Waals surface area contributed by atoms with Crippen LogP contribution in [0.4, 0.5) is 16.0 Å². The lowest BCUT2D eigenvalue weighted by Crippen LogP contribution is -1.96. The number of benzene rings is 2. The van der Waals surface area contributed by atoms with Gasteiger partial charge in [0.05, 0.1) is 7.11 Å². The predicted octanol–water partition coefficient (Wildman–Crippen LogP) is 5.97. The van der Waals surface area contributed by atoms with E-state index in [0.29, 0.717) is 11.6 Å². The van der Waals surface area contributed by atoms with E-state index in [2.05, 4.69) is 15.4 Å². The number of anilines is 2. The van der Waals surface area contributed by atoms with Crippen LogP contribution in [0, 0.1) is 19.7 Å². The summed E-state index contributed by atoms with van der Waals surface area (Å²) in [6.07, 6.45) is 3.66. The monoisotopic (exact) mass is 439 g/mol. The fourth-order valence-electron chi connectivity index (χ4n) is 3.92. The van der Waals surface area contributed by atoms with Gasteiger partial charge in [0.15, 0.2) is 5.65 Å². The fraction of sp³-hybridized carbons (Fsp3) is 0.115. The van der Waals surface area contributed by atoms with Crippen molar-refractivity contribution < 1.29 is 9.13 Å². The lowest BCUT2D eigenvalue weighted by Gasteiger charge is -2.11. The molecular formula is C26H22FN5O. The number of pyridine rings is 2. The number of nitrogens with zero attached hydrogens (tertiary/aromatic N) is 4. The third-order valence-corrected chi connectivity index (χ3v) is 5.51. The summed E-state index contributed by atoms with van der Waals surface area (Å²) < 4.78 is 20.8. The first kappa shape index (κ1) is 20.6. The van der Waals surface area contributed by atoms with E-state index < -0.39 is 0 Å². The van der Waals surface area contributed by atoms with Crippen LogP contribution in [0.1, 0.15) is 11.3 Å². The lowest BCUT2D eigenvalue weighted by molar-refractivity contribution is 0.416. The topological polar surface area (TPSA) is 64.3 Å². The maximum absolute atomic E-state index is 13.4. The molecule has 0 fully saturated rings. The molecule has 0 unspecified atom stereocenters. The van der Waals surface area contributed by atoms with E-state index in [0.717, 1.165) is 44.9 Å². The Balaban J connectivity index is 1.51. The maximum Gasteiger partial charge on any atom is 0.247 e. The van der Waals surface area contributed by atoms with Crippen LogP contribution in [0.5, 0.6) is 5.75 Å². The Hall–Kier alpha value is -4.26. The van der Waals surface area contributed by atoms with Gasteiger partial charge in [-0.1, -0.05) is 12.1 Å². The number of aryl methyl sites for hydroxylation is 2. The van der Waals surface area contributed by atoms with E-state index in [-0.39, 0.29) is 5.82 Å². The number of nitrogens with one attached hydrogen (secondary N) is 1. The molecule has 0 amide bonds. The van der Waals surface area contributed by atoms with Crippen molar-refractivity contribution in [3.63, 3.8) is 0 Å². The van der Waals surface area contributed by atoms with Crippen LogP contribution >= 0.6 is 0 Å². The molecule has 0 atom stereocenters. The van der Waals surface area contributed by atoms with Crippen molar-refractivity contribution >= 4 is 17.3 Å². The largest absolute Gasteiger partial charge is 0.496 e. The number of halogens is 1. The van der Waals surface area contributed by atoms with E-state index >= 15 is 0 Å². The molecule has 0 bridgehead atoms. The fourth-order valence-corrected chi connectivity index (χ4v) is 3.92. The molecular weight excluding hydrogens is 417 g/mol. The summed E-state index contributed by atoms with van der Waals surface area (Å²) in [4.78, 5) is 8.98. The molecule has 0 radical (unpaired) electrons. The van der Waals surface area contributed by atoms with Crippen molar-refractivity contribution in [2.24, 2.45) is 0 Å². The molecule has 0 spiro atoms. The SMILES string of the molecule is COc1cc(Nc2nc3c(-c4ccc(F)cc4)c(C)ccn3n2)ccc1-c1ccnc(C)c1. The van der Waals surface area contributed by atoms with Crippen molar-refractivity contribution in [1.82, 2.24) is 19.6 Å². The van der Waals surface area contributed by atoms with Gasteiger partial charge in [-0.05, 0) is 73.0 Å². The standard InChI is InChI=1S/C26H22FN5O/c1-16-11-13-32-25(24(16)18-4-6-20(27)7-5-18)30-26(31-32)29-21-8-9-22(23(15-21)33-3)19-10-12-28-17(2)14-19/h4-15H,1-3H3,(H,29,31). The van der Waals surface area contributed by atoms with E-state index in [1.807, 2.05) is 56.4 Å². The molecule has 0 saturated heterocycles. The van der Waals surface area contributed by atoms with E-state index in [1.165, 1.54) is 12.1 Å². The first-order valence-corrected chi connectivity index (χ1v) is 10.5. The average molecular weight is 439 g/mol. The molecule has 3 aromatic heterocycles. The van der Waals surface area contributed by atoms with Crippen molar-refractivity contribution in [2.75, 3.05) is 12.4 Å². The molecule has 0 aliphatic carbocycles. The predicted molar refractivity (Wildman–Crippen MR) is 127 cm³/mol. The Kier molecular flexibility index (Phi) is 5.22. The number of hydrogen-bond donors (Lipinski definition) is 1. The van der Waals surface area contributed by atoms with Gasteiger partial charge in [-0.25, -0.2) is 8.91 Å². The molecule has 164 valence electrons. The van der Waals surface area contributed by atoms with E-state index in [1.54, 1.807) is 30.0 Å². The van der Waals surface area contributed by atoms with Crippen LogP contribution in [0.25, 0.3) is 27.9 Å². The molecule has 1 N–H and O–H groups in total. The Morgan fingerprint density at radius 1 is 0.939 bits per heavy atom. The van der Waals surface area contributed by atoms with Crippen LogP contribution in [-0.4, -0.2) is 26.7 Å². The molecule has 33 heavy (non-hydrogen) atoms. The van der Waals surface area contributed by atoms with Gasteiger partial charge in [0, 0.05) is 41.0 Å². The van der Waals surface area contributed by atoms with Gasteiger partial charge >= 0.3 is 0 Å². The van der Waals surface area contributed by atoms with Gasteiger partial charge < -0.3 is 10.1 Å². The van der Waals surface area contributed by atoms with E-state index in [4.69, 9.17) is 9.72 Å². The van der Waals surface area contributed by atoms with Gasteiger partial charge in [0.1, 0.15) is 11.6 Å². The molecule has 6 nitrogen and oxygen atoms in total. The Morgan fingerprint density at radius 3 is 2.52 bits per heavy atom. The molecule has 0 saturated carbocycles. The number of hydrogen-bond acceptors (Lipinski definition) is 5. The zero-order chi connectivity index (χ0) is 22.9. The molecule has 7 heteroatoms. The van der Waals surface area contributed by atoms with Crippen molar-refractivity contribution in [3.8, 4) is 28.0 Å². The summed E-state index contributed by atoms with van der Waals surface area (Å²) in [6, 6.07) is 18.2. The highest BCUT2D eigenvalue weighted by atomic mass is 19.1. The van der Waals surface area contributed by atoms with Gasteiger partial charge in [0.25, 0.3) is 0 Å². The third kappa shape index (κ3) is 4.01. The Morgan fingerprint density at radius 2 is 1.76 bits per heavy atom. The molecule has 3 heterocycles. The summed E-state index contributed by atoms with van der Waals surface area (Å²) in [5, 5.41) is 7.84. The molecule has 0 aliphatic heterocycles. The number of rotatable bonds is 5. The second kappa shape index (κ2) is 8.35. The highest BCUT2D eigenvalue weighted by Crippen LogP contribution is 2.34. The number of ether oxygens (including phenoxy) is 1. The van der Waals surface area contributed by atoms with Gasteiger partial charge in [0.2, 0.25) is 5.95 Å². The summed E-state index contributed by atoms with van der Waals surface area (Å²) in [6.45, 7) is 3.97. The summed E-state index contributed by atoms with van der Waals surface area (Å²) in [5.74, 6) is 0.919. The van der Waals surface area contributed by atoms with Crippen LogP contribution in [0.3, 0.4) is 0 Å². The summed E-state index contributed by atoms with van der Waals surface area (Å²) in [5.41, 5.74) is 7.29. The zero-order valence-electron chi connectivity index (χ0n) is 18.5. The van der Waals surface area contributed by atoms with Crippen LogP contribution in [0.15, 0.2) is 73.1 Å². The number of aromatic nitrogens is 4. The van der Waals surface area contributed by atoms with Crippen LogP contribution in [0.2, 0.25) is 0 Å². The average Bonchev–Trinajstić information content (AvgIpc) is 3.22. The second-order valence-corrected chi connectivity index (χ2v) is 7.81. The van der Waals surface area contributed by atoms with Crippen LogP contribution < -0.4 is 10.1 Å². The van der Waals surface area contributed by atoms with Crippen LogP contribution in [-0.2, 0) is 0 Å². The summed E-state index contributed by atoms with van der Waals surface area (Å²) >= 11 is 0. The smallest absolute Gasteiger partial charge is 0.247 e. The minimum absolute atomic E-state index is 0.272. The Bertz CT molecular complexity index is 1460. The first-order chi connectivity index (χ1) is 16.0. The minimum Gasteiger partial charge on any atom is -0.496 e. The quantitative estimate of drug-likeness (QED) is 0.366. The molecule has 2 aromatic carbocycles. The number of methoxy groups -OCH3 is 1. The van der Waals surface area contributed by atoms with Gasteiger partial charge in [-0.2, -0.15) is 4.98 Å². The lowest BCUT2D eigenvalue weighted by atomic mass is 10.0. The Labute approximate surface area is 190 Å². The third-order valence-electron chi connectivity index (χ3n) is 5.51. The highest BCUT2D eigenvalue weighted by Gasteiger charge is 2.14. The molecule has 5 aromatic rings. The zero-order valence-corrected chi connectivity index (χ0v) is 18.5. The van der Waals surface area contributed by atoms with Gasteiger partial charge in [-0.15, -0.1) is 5.10 Å². The maximum atomic E-state index is 13.4. The van der Waals surface area contributed by atoms with E-state index in [9.17, 15) is 4.39 Å². The van der Waals surface area contributed by atoms with Crippen molar-refractivity contribution in [3.05, 3.63) is 90.1 Å². The molecule has 5 rings (SSSR count). The molecule has 0 aliphatic rings. The van der Waals surface area contributed by atoms with Crippen molar-refractivity contribution in [1.29, 1.82) is 0 Å². The second-order valence-electron chi connectivity index (χ2n) is 7.81.